The number of fused-ring (bicyclic) bond motifs is 7. The van der Waals surface area contributed by atoms with E-state index in [0.717, 1.165) is 46.2 Å². The molecule has 0 amide bonds. The Hall–Kier alpha value is -3.47. The number of pyridine rings is 2. The largest absolute Gasteiger partial charge is 0.459 e. The van der Waals surface area contributed by atoms with E-state index in [1.54, 1.807) is 0 Å². The van der Waals surface area contributed by atoms with Crippen LogP contribution in [0.1, 0.15) is 52.0 Å². The van der Waals surface area contributed by atoms with Crippen LogP contribution in [0.2, 0.25) is 0 Å². The average molecular weight is 451 g/mol. The van der Waals surface area contributed by atoms with Crippen molar-refractivity contribution in [3.8, 4) is 5.75 Å². The van der Waals surface area contributed by atoms with Crippen LogP contribution in [0.15, 0.2) is 65.9 Å². The van der Waals surface area contributed by atoms with Gasteiger partial charge in [-0.05, 0) is 56.2 Å². The number of rotatable bonds is 5. The van der Waals surface area contributed by atoms with Gasteiger partial charge in [-0.2, -0.15) is 0 Å². The fourth-order valence-electron chi connectivity index (χ4n) is 5.72. The molecule has 2 aromatic heterocycles. The van der Waals surface area contributed by atoms with E-state index in [4.69, 9.17) is 9.73 Å². The maximum absolute atomic E-state index is 7.18. The molecule has 0 aliphatic carbocycles. The van der Waals surface area contributed by atoms with Crippen molar-refractivity contribution in [1.82, 2.24) is 9.97 Å². The summed E-state index contributed by atoms with van der Waals surface area (Å²) in [6, 6.07) is 16.8. The smallest absolute Gasteiger partial charge is 0.228 e. The first-order chi connectivity index (χ1) is 16.6. The van der Waals surface area contributed by atoms with E-state index in [0.29, 0.717) is 0 Å². The van der Waals surface area contributed by atoms with Crippen LogP contribution in [0.5, 0.6) is 5.75 Å². The van der Waals surface area contributed by atoms with Crippen LogP contribution in [0.4, 0.5) is 11.4 Å². The number of benzene rings is 2. The molecule has 0 N–H and O–H groups in total. The van der Waals surface area contributed by atoms with Gasteiger partial charge in [0, 0.05) is 35.4 Å². The van der Waals surface area contributed by atoms with Gasteiger partial charge in [0.05, 0.1) is 17.1 Å². The van der Waals surface area contributed by atoms with Crippen LogP contribution in [0.25, 0.3) is 21.8 Å². The molecule has 2 aliphatic rings. The van der Waals surface area contributed by atoms with Crippen molar-refractivity contribution in [2.24, 2.45) is 4.99 Å². The van der Waals surface area contributed by atoms with Crippen molar-refractivity contribution >= 4 is 39.4 Å². The van der Waals surface area contributed by atoms with Crippen molar-refractivity contribution < 1.29 is 4.74 Å². The van der Waals surface area contributed by atoms with Crippen molar-refractivity contribution in [2.75, 3.05) is 11.4 Å². The lowest BCUT2D eigenvalue weighted by atomic mass is 9.77. The molecule has 1 spiro atoms. The second-order valence-electron chi connectivity index (χ2n) is 9.89. The quantitative estimate of drug-likeness (QED) is 0.244. The predicted molar refractivity (Wildman–Crippen MR) is 140 cm³/mol. The first-order valence-electron chi connectivity index (χ1n) is 12.4. The highest BCUT2D eigenvalue weighted by atomic mass is 16.5. The zero-order valence-corrected chi connectivity index (χ0v) is 20.1. The minimum Gasteiger partial charge on any atom is -0.459 e. The Labute approximate surface area is 200 Å². The second kappa shape index (κ2) is 7.79. The van der Waals surface area contributed by atoms with Crippen LogP contribution in [-0.4, -0.2) is 28.5 Å². The molecule has 1 unspecified atom stereocenters. The highest BCUT2D eigenvalue weighted by Gasteiger charge is 2.59. The highest BCUT2D eigenvalue weighted by Crippen LogP contribution is 2.56. The van der Waals surface area contributed by atoms with Gasteiger partial charge in [0.2, 0.25) is 5.72 Å². The topological polar surface area (TPSA) is 50.6 Å². The van der Waals surface area contributed by atoms with Crippen molar-refractivity contribution in [2.45, 2.75) is 57.6 Å². The predicted octanol–water partition coefficient (Wildman–Crippen LogP) is 6.95. The third-order valence-electron chi connectivity index (χ3n) is 7.58. The zero-order valence-electron chi connectivity index (χ0n) is 20.1. The van der Waals surface area contributed by atoms with E-state index >= 15 is 0 Å². The Kier molecular flexibility index (Phi) is 4.83. The van der Waals surface area contributed by atoms with Gasteiger partial charge in [-0.3, -0.25) is 15.0 Å². The number of unbranched alkanes of at least 4 members (excludes halogenated alkanes) is 3. The molecule has 0 saturated heterocycles. The number of aliphatic imine (C=N–C) groups is 1. The third-order valence-corrected chi connectivity index (χ3v) is 7.58. The molecule has 34 heavy (non-hydrogen) atoms. The fourth-order valence-corrected chi connectivity index (χ4v) is 5.72. The van der Waals surface area contributed by atoms with E-state index < -0.39 is 5.72 Å². The number of para-hydroxylation sites is 1. The summed E-state index contributed by atoms with van der Waals surface area (Å²) in [7, 11) is 0. The van der Waals surface area contributed by atoms with E-state index in [1.165, 1.54) is 30.5 Å². The maximum atomic E-state index is 7.18. The summed E-state index contributed by atoms with van der Waals surface area (Å²) in [5.74, 6) is 0.797. The Balaban J connectivity index is 1.56. The lowest BCUT2D eigenvalue weighted by Crippen LogP contribution is -2.62. The summed E-state index contributed by atoms with van der Waals surface area (Å²) in [6.45, 7) is 7.73. The summed E-state index contributed by atoms with van der Waals surface area (Å²) >= 11 is 0. The minimum absolute atomic E-state index is 0.298. The van der Waals surface area contributed by atoms with Crippen LogP contribution in [-0.2, 0) is 5.41 Å². The molecule has 0 bridgehead atoms. The molecule has 2 aromatic carbocycles. The van der Waals surface area contributed by atoms with E-state index in [2.05, 4.69) is 72.0 Å². The van der Waals surface area contributed by atoms with Crippen molar-refractivity contribution in [1.29, 1.82) is 0 Å². The normalized spacial score (nSPS) is 20.0. The Bertz CT molecular complexity index is 1430. The van der Waals surface area contributed by atoms with E-state index in [9.17, 15) is 0 Å². The first kappa shape index (κ1) is 21.1. The molecule has 0 saturated carbocycles. The number of hydrogen-bond acceptors (Lipinski definition) is 5. The van der Waals surface area contributed by atoms with Gasteiger partial charge in [0.25, 0.3) is 0 Å². The number of nitrogens with zero attached hydrogens (tertiary/aromatic N) is 4. The second-order valence-corrected chi connectivity index (χ2v) is 9.89. The first-order valence-corrected chi connectivity index (χ1v) is 12.4. The van der Waals surface area contributed by atoms with Gasteiger partial charge in [-0.1, -0.05) is 44.4 Å². The standard InChI is InChI=1S/C29H30N4O/c1-4-5-6-9-18-33-23-15-8-7-14-22(23)28(2,3)29(33)19-32-26-20-12-10-16-30-24(20)25-21(27(26)34-29)13-11-17-31-25/h7-8,10-17,19H,4-6,9,18H2,1-3H3. The molecule has 0 fully saturated rings. The molecule has 2 aliphatic heterocycles. The van der Waals surface area contributed by atoms with Gasteiger partial charge in [-0.15, -0.1) is 0 Å². The lowest BCUT2D eigenvalue weighted by molar-refractivity contribution is 0.0791. The summed E-state index contributed by atoms with van der Waals surface area (Å²) < 4.78 is 7.18. The molecule has 0 radical (unpaired) electrons. The molecule has 1 atom stereocenters. The fraction of sp³-hybridized carbons (Fsp3) is 0.345. The molecule has 4 heterocycles. The molecule has 4 aromatic rings. The summed E-state index contributed by atoms with van der Waals surface area (Å²) in [4.78, 5) is 16.9. The molecule has 6 rings (SSSR count). The van der Waals surface area contributed by atoms with Gasteiger partial charge in [-0.25, -0.2) is 0 Å². The molecule has 5 nitrogen and oxygen atoms in total. The number of anilines is 1. The summed E-state index contributed by atoms with van der Waals surface area (Å²) in [5.41, 5.74) is 4.08. The maximum Gasteiger partial charge on any atom is 0.228 e. The highest BCUT2D eigenvalue weighted by molar-refractivity contribution is 6.14. The summed E-state index contributed by atoms with van der Waals surface area (Å²) in [6.07, 6.45) is 10.5. The summed E-state index contributed by atoms with van der Waals surface area (Å²) in [5, 5.41) is 1.93. The Morgan fingerprint density at radius 1 is 0.853 bits per heavy atom. The number of ether oxygens (including phenoxy) is 1. The zero-order chi connectivity index (χ0) is 23.3. The SMILES string of the molecule is CCCCCCN1c2ccccc2C(C)(C)C12C=Nc1c(c3cccnc3c3ncccc13)O2. The van der Waals surface area contributed by atoms with Crippen molar-refractivity contribution in [3.05, 3.63) is 66.5 Å². The Morgan fingerprint density at radius 2 is 1.59 bits per heavy atom. The van der Waals surface area contributed by atoms with Crippen molar-refractivity contribution in [3.63, 3.8) is 0 Å². The lowest BCUT2D eigenvalue weighted by Gasteiger charge is -2.46. The van der Waals surface area contributed by atoms with Crippen LogP contribution in [0, 0.1) is 0 Å². The Morgan fingerprint density at radius 3 is 2.38 bits per heavy atom. The molecule has 5 heteroatoms. The van der Waals surface area contributed by atoms with Gasteiger partial charge in [0.15, 0.2) is 5.75 Å². The van der Waals surface area contributed by atoms with E-state index in [1.807, 2.05) is 30.7 Å². The average Bonchev–Trinajstić information content (AvgIpc) is 3.05. The van der Waals surface area contributed by atoms with Crippen LogP contribution < -0.4 is 9.64 Å². The molecular weight excluding hydrogens is 420 g/mol. The number of hydrogen-bond donors (Lipinski definition) is 0. The molecule has 172 valence electrons. The minimum atomic E-state index is -0.714. The number of aromatic nitrogens is 2. The van der Waals surface area contributed by atoms with Crippen LogP contribution >= 0.6 is 0 Å². The van der Waals surface area contributed by atoms with Gasteiger partial charge < -0.3 is 9.64 Å². The van der Waals surface area contributed by atoms with Gasteiger partial charge in [0.1, 0.15) is 11.2 Å². The monoisotopic (exact) mass is 450 g/mol. The molecular formula is C29H30N4O. The van der Waals surface area contributed by atoms with Gasteiger partial charge >= 0.3 is 0 Å². The van der Waals surface area contributed by atoms with Crippen LogP contribution in [0.3, 0.4) is 0 Å². The third kappa shape index (κ3) is 2.82. The van der Waals surface area contributed by atoms with E-state index in [-0.39, 0.29) is 5.41 Å².